The van der Waals surface area contributed by atoms with Gasteiger partial charge in [-0.05, 0) is 26.3 Å². The van der Waals surface area contributed by atoms with Crippen molar-refractivity contribution in [2.75, 3.05) is 13.6 Å². The van der Waals surface area contributed by atoms with E-state index >= 15 is 0 Å². The van der Waals surface area contributed by atoms with Gasteiger partial charge in [-0.1, -0.05) is 6.42 Å². The minimum atomic E-state index is -0.0305. The fourth-order valence-corrected chi connectivity index (χ4v) is 3.71. The van der Waals surface area contributed by atoms with Crippen molar-refractivity contribution >= 4 is 28.8 Å². The first-order valence-corrected chi connectivity index (χ1v) is 8.06. The van der Waals surface area contributed by atoms with E-state index in [1.54, 1.807) is 18.4 Å². The molecule has 0 aliphatic carbocycles. The Bertz CT molecular complexity index is 437. The van der Waals surface area contributed by atoms with Gasteiger partial charge in [0.15, 0.2) is 0 Å². The number of carbonyl (C=O) groups is 1. The molecule has 106 valence electrons. The third-order valence-corrected chi connectivity index (χ3v) is 4.99. The lowest BCUT2D eigenvalue weighted by atomic mass is 9.99. The standard InChI is InChI=1S/C13H20ClN3OS/c1-9(13-16-10(7-14)8-19-13)17-6-4-3-5-11(17)12(18)15-2/h8-9,11H,3-7H2,1-2H3,(H,15,18). The lowest BCUT2D eigenvalue weighted by molar-refractivity contribution is -0.128. The summed E-state index contributed by atoms with van der Waals surface area (Å²) in [7, 11) is 1.70. The van der Waals surface area contributed by atoms with E-state index in [9.17, 15) is 4.79 Å². The van der Waals surface area contributed by atoms with Crippen LogP contribution in [0.2, 0.25) is 0 Å². The molecule has 1 fully saturated rings. The van der Waals surface area contributed by atoms with Crippen LogP contribution >= 0.6 is 22.9 Å². The highest BCUT2D eigenvalue weighted by Crippen LogP contribution is 2.30. The van der Waals surface area contributed by atoms with E-state index in [1.807, 2.05) is 5.38 Å². The van der Waals surface area contributed by atoms with Crippen molar-refractivity contribution in [1.29, 1.82) is 0 Å². The Labute approximate surface area is 123 Å². The summed E-state index contributed by atoms with van der Waals surface area (Å²) in [4.78, 5) is 18.8. The molecule has 1 saturated heterocycles. The van der Waals surface area contributed by atoms with Gasteiger partial charge in [0.05, 0.1) is 23.7 Å². The summed E-state index contributed by atoms with van der Waals surface area (Å²) in [6.45, 7) is 3.08. The number of piperidine rings is 1. The highest BCUT2D eigenvalue weighted by atomic mass is 35.5. The zero-order chi connectivity index (χ0) is 13.8. The number of hydrogen-bond acceptors (Lipinski definition) is 4. The number of aromatic nitrogens is 1. The van der Waals surface area contributed by atoms with Crippen molar-refractivity contribution < 1.29 is 4.79 Å². The van der Waals surface area contributed by atoms with Gasteiger partial charge < -0.3 is 5.32 Å². The van der Waals surface area contributed by atoms with Gasteiger partial charge in [0, 0.05) is 12.4 Å². The van der Waals surface area contributed by atoms with Gasteiger partial charge in [-0.3, -0.25) is 9.69 Å². The lowest BCUT2D eigenvalue weighted by Crippen LogP contribution is -2.49. The van der Waals surface area contributed by atoms with Gasteiger partial charge in [-0.25, -0.2) is 4.98 Å². The molecular formula is C13H20ClN3OS. The molecule has 19 heavy (non-hydrogen) atoms. The molecular weight excluding hydrogens is 282 g/mol. The molecule has 1 aliphatic heterocycles. The van der Waals surface area contributed by atoms with Crippen LogP contribution in [0.4, 0.5) is 0 Å². The first kappa shape index (κ1) is 14.8. The summed E-state index contributed by atoms with van der Waals surface area (Å²) < 4.78 is 0. The summed E-state index contributed by atoms with van der Waals surface area (Å²) in [5.74, 6) is 0.558. The van der Waals surface area contributed by atoms with Gasteiger partial charge in [-0.2, -0.15) is 0 Å². The minimum absolute atomic E-state index is 0.0305. The number of carbonyl (C=O) groups excluding carboxylic acids is 1. The number of hydrogen-bond donors (Lipinski definition) is 1. The molecule has 0 radical (unpaired) electrons. The van der Waals surface area contributed by atoms with E-state index in [2.05, 4.69) is 22.1 Å². The maximum Gasteiger partial charge on any atom is 0.237 e. The van der Waals surface area contributed by atoms with Crippen LogP contribution in [-0.2, 0) is 10.7 Å². The molecule has 2 unspecified atom stereocenters. The SMILES string of the molecule is CNC(=O)C1CCCCN1C(C)c1nc(CCl)cs1. The normalized spacial score (nSPS) is 22.2. The molecule has 1 aromatic rings. The van der Waals surface area contributed by atoms with Gasteiger partial charge >= 0.3 is 0 Å². The first-order chi connectivity index (χ1) is 9.17. The number of nitrogens with zero attached hydrogens (tertiary/aromatic N) is 2. The molecule has 0 bridgehead atoms. The largest absolute Gasteiger partial charge is 0.358 e. The summed E-state index contributed by atoms with van der Waals surface area (Å²) in [6, 6.07) is 0.140. The smallest absolute Gasteiger partial charge is 0.237 e. The molecule has 1 amide bonds. The van der Waals surface area contributed by atoms with E-state index < -0.39 is 0 Å². The molecule has 2 atom stereocenters. The summed E-state index contributed by atoms with van der Waals surface area (Å²) >= 11 is 7.43. The lowest BCUT2D eigenvalue weighted by Gasteiger charge is -2.37. The van der Waals surface area contributed by atoms with Crippen molar-refractivity contribution in [3.8, 4) is 0 Å². The van der Waals surface area contributed by atoms with Crippen molar-refractivity contribution in [2.24, 2.45) is 0 Å². The van der Waals surface area contributed by atoms with Crippen molar-refractivity contribution in [1.82, 2.24) is 15.2 Å². The highest BCUT2D eigenvalue weighted by Gasteiger charge is 2.32. The van der Waals surface area contributed by atoms with Crippen LogP contribution < -0.4 is 5.32 Å². The fraction of sp³-hybridized carbons (Fsp3) is 0.692. The van der Waals surface area contributed by atoms with Gasteiger partial charge in [0.1, 0.15) is 5.01 Å². The molecule has 0 saturated carbocycles. The Morgan fingerprint density at radius 1 is 1.68 bits per heavy atom. The molecule has 1 aromatic heterocycles. The Balaban J connectivity index is 2.14. The average Bonchev–Trinajstić information content (AvgIpc) is 2.94. The number of halogens is 1. The zero-order valence-electron chi connectivity index (χ0n) is 11.4. The average molecular weight is 302 g/mol. The topological polar surface area (TPSA) is 45.2 Å². The van der Waals surface area contributed by atoms with Crippen LogP contribution in [0.3, 0.4) is 0 Å². The van der Waals surface area contributed by atoms with Crippen LogP contribution in [0.15, 0.2) is 5.38 Å². The number of alkyl halides is 1. The predicted octanol–water partition coefficient (Wildman–Crippen LogP) is 2.54. The highest BCUT2D eigenvalue weighted by molar-refractivity contribution is 7.09. The monoisotopic (exact) mass is 301 g/mol. The summed E-state index contributed by atoms with van der Waals surface area (Å²) in [6.07, 6.45) is 3.19. The third kappa shape index (κ3) is 3.27. The number of rotatable bonds is 4. The second-order valence-corrected chi connectivity index (χ2v) is 6.01. The van der Waals surface area contributed by atoms with E-state index in [0.29, 0.717) is 5.88 Å². The quantitative estimate of drug-likeness (QED) is 0.869. The maximum absolute atomic E-state index is 12.0. The van der Waals surface area contributed by atoms with Crippen LogP contribution in [0.5, 0.6) is 0 Å². The zero-order valence-corrected chi connectivity index (χ0v) is 12.9. The molecule has 1 aliphatic rings. The van der Waals surface area contributed by atoms with E-state index in [4.69, 9.17) is 11.6 Å². The van der Waals surface area contributed by atoms with Crippen LogP contribution in [0.1, 0.15) is 42.9 Å². The van der Waals surface area contributed by atoms with Crippen LogP contribution in [0.25, 0.3) is 0 Å². The summed E-state index contributed by atoms with van der Waals surface area (Å²) in [5.41, 5.74) is 0.919. The Morgan fingerprint density at radius 3 is 3.11 bits per heavy atom. The first-order valence-electron chi connectivity index (χ1n) is 6.65. The third-order valence-electron chi connectivity index (χ3n) is 3.65. The maximum atomic E-state index is 12.0. The van der Waals surface area contributed by atoms with Gasteiger partial charge in [0.25, 0.3) is 0 Å². The number of likely N-dealkylation sites (tertiary alicyclic amines) is 1. The number of likely N-dealkylation sites (N-methyl/N-ethyl adjacent to an activating group) is 1. The Morgan fingerprint density at radius 2 is 2.47 bits per heavy atom. The fourth-order valence-electron chi connectivity index (χ4n) is 2.58. The van der Waals surface area contributed by atoms with Crippen molar-refractivity contribution in [3.63, 3.8) is 0 Å². The second kappa shape index (κ2) is 6.68. The van der Waals surface area contributed by atoms with E-state index in [-0.39, 0.29) is 18.0 Å². The van der Waals surface area contributed by atoms with Crippen molar-refractivity contribution in [3.05, 3.63) is 16.1 Å². The van der Waals surface area contributed by atoms with E-state index in [1.165, 1.54) is 0 Å². The number of amides is 1. The molecule has 2 rings (SSSR count). The molecule has 4 nitrogen and oxygen atoms in total. The van der Waals surface area contributed by atoms with Crippen LogP contribution in [-0.4, -0.2) is 35.4 Å². The second-order valence-electron chi connectivity index (χ2n) is 4.85. The molecule has 1 N–H and O–H groups in total. The predicted molar refractivity (Wildman–Crippen MR) is 78.5 cm³/mol. The number of nitrogens with one attached hydrogen (secondary N) is 1. The molecule has 6 heteroatoms. The summed E-state index contributed by atoms with van der Waals surface area (Å²) in [5, 5.41) is 5.81. The van der Waals surface area contributed by atoms with Gasteiger partial charge in [-0.15, -0.1) is 22.9 Å². The molecule has 0 spiro atoms. The van der Waals surface area contributed by atoms with Crippen LogP contribution in [0, 0.1) is 0 Å². The molecule has 2 heterocycles. The van der Waals surface area contributed by atoms with Crippen molar-refractivity contribution in [2.45, 2.75) is 44.1 Å². The molecule has 0 aromatic carbocycles. The Kier molecular flexibility index (Phi) is 5.19. The number of thiazole rings is 1. The minimum Gasteiger partial charge on any atom is -0.358 e. The van der Waals surface area contributed by atoms with Gasteiger partial charge in [0.2, 0.25) is 5.91 Å². The Hall–Kier alpha value is -0.650. The van der Waals surface area contributed by atoms with E-state index in [0.717, 1.165) is 36.5 Å².